The van der Waals surface area contributed by atoms with Crippen LogP contribution in [0.4, 0.5) is 4.39 Å². The Labute approximate surface area is 167 Å². The number of halogens is 3. The van der Waals surface area contributed by atoms with Crippen molar-refractivity contribution in [3.63, 3.8) is 0 Å². The summed E-state index contributed by atoms with van der Waals surface area (Å²) in [7, 11) is 0. The van der Waals surface area contributed by atoms with Gasteiger partial charge >= 0.3 is 0 Å². The molecule has 26 heavy (non-hydrogen) atoms. The Hall–Kier alpha value is -1.93. The van der Waals surface area contributed by atoms with Crippen molar-refractivity contribution in [1.82, 2.24) is 10.4 Å². The van der Waals surface area contributed by atoms with E-state index in [-0.39, 0.29) is 20.7 Å². The second-order valence-electron chi connectivity index (χ2n) is 5.13. The van der Waals surface area contributed by atoms with Gasteiger partial charge in [-0.3, -0.25) is 15.0 Å². The van der Waals surface area contributed by atoms with Crippen molar-refractivity contribution in [2.24, 2.45) is 0 Å². The number of benzene rings is 2. The molecule has 0 atom stereocenters. The van der Waals surface area contributed by atoms with Gasteiger partial charge in [-0.2, -0.15) is 5.01 Å². The van der Waals surface area contributed by atoms with Gasteiger partial charge in [-0.15, -0.1) is 0 Å². The molecule has 2 aromatic carbocycles. The van der Waals surface area contributed by atoms with Gasteiger partial charge in [0.25, 0.3) is 11.8 Å². The summed E-state index contributed by atoms with van der Waals surface area (Å²) in [6.07, 6.45) is 1.57. The Kier molecular flexibility index (Phi) is 5.62. The van der Waals surface area contributed by atoms with Gasteiger partial charge in [0.1, 0.15) is 5.82 Å². The minimum atomic E-state index is -0.592. The molecule has 0 spiro atoms. The number of hydrogen-bond donors (Lipinski definition) is 1. The molecule has 0 unspecified atom stereocenters. The van der Waals surface area contributed by atoms with Gasteiger partial charge in [0.05, 0.1) is 15.5 Å². The lowest BCUT2D eigenvalue weighted by atomic mass is 10.2. The Bertz CT molecular complexity index is 948. The van der Waals surface area contributed by atoms with Crippen LogP contribution in [0.1, 0.15) is 15.9 Å². The number of nitrogens with one attached hydrogen (secondary N) is 1. The van der Waals surface area contributed by atoms with Gasteiger partial charge < -0.3 is 0 Å². The van der Waals surface area contributed by atoms with Crippen LogP contribution in [-0.4, -0.2) is 21.1 Å². The molecule has 2 aromatic rings. The summed E-state index contributed by atoms with van der Waals surface area (Å²) >= 11 is 18.0. The minimum Gasteiger partial charge on any atom is -0.267 e. The zero-order valence-electron chi connectivity index (χ0n) is 12.8. The fourth-order valence-corrected chi connectivity index (χ4v) is 3.78. The van der Waals surface area contributed by atoms with Crippen LogP contribution in [-0.2, 0) is 4.79 Å². The minimum absolute atomic E-state index is 0.155. The highest BCUT2D eigenvalue weighted by atomic mass is 35.5. The maximum Gasteiger partial charge on any atom is 0.285 e. The van der Waals surface area contributed by atoms with Crippen molar-refractivity contribution in [2.45, 2.75) is 0 Å². The molecule has 0 aliphatic carbocycles. The topological polar surface area (TPSA) is 49.4 Å². The van der Waals surface area contributed by atoms with Crippen LogP contribution in [0.3, 0.4) is 0 Å². The quantitative estimate of drug-likeness (QED) is 0.571. The highest BCUT2D eigenvalue weighted by Gasteiger charge is 2.34. The van der Waals surface area contributed by atoms with Crippen LogP contribution < -0.4 is 5.43 Å². The summed E-state index contributed by atoms with van der Waals surface area (Å²) in [5, 5.41) is 1.52. The Morgan fingerprint density at radius 3 is 2.54 bits per heavy atom. The second kappa shape index (κ2) is 7.75. The molecule has 2 amide bonds. The number of carbonyl (C=O) groups is 2. The maximum absolute atomic E-state index is 13.0. The van der Waals surface area contributed by atoms with Gasteiger partial charge in [-0.1, -0.05) is 47.1 Å². The van der Waals surface area contributed by atoms with Gasteiger partial charge in [0.2, 0.25) is 0 Å². The molecule has 0 aromatic heterocycles. The molecule has 0 bridgehead atoms. The predicted octanol–water partition coefficient (Wildman–Crippen LogP) is 4.68. The first kappa shape index (κ1) is 18.8. The highest BCUT2D eigenvalue weighted by Crippen LogP contribution is 2.31. The SMILES string of the molecule is O=C(NN1C(=O)/C(=C/c2ccc(F)cc2)SC1=S)c1ccc(Cl)cc1Cl. The summed E-state index contributed by atoms with van der Waals surface area (Å²) in [5.41, 5.74) is 3.23. The van der Waals surface area contributed by atoms with Crippen molar-refractivity contribution in [1.29, 1.82) is 0 Å². The van der Waals surface area contributed by atoms with Crippen molar-refractivity contribution >= 4 is 69.4 Å². The van der Waals surface area contributed by atoms with E-state index in [2.05, 4.69) is 5.43 Å². The first-order chi connectivity index (χ1) is 12.3. The summed E-state index contributed by atoms with van der Waals surface area (Å²) in [6.45, 7) is 0. The van der Waals surface area contributed by atoms with Crippen LogP contribution in [0.15, 0.2) is 47.4 Å². The van der Waals surface area contributed by atoms with E-state index in [4.69, 9.17) is 35.4 Å². The predicted molar refractivity (Wildman–Crippen MR) is 105 cm³/mol. The summed E-state index contributed by atoms with van der Waals surface area (Å²) < 4.78 is 13.1. The largest absolute Gasteiger partial charge is 0.285 e. The lowest BCUT2D eigenvalue weighted by molar-refractivity contribution is -0.123. The number of hydrazine groups is 1. The number of rotatable bonds is 3. The smallest absolute Gasteiger partial charge is 0.267 e. The average Bonchev–Trinajstić information content (AvgIpc) is 2.84. The number of hydrogen-bond acceptors (Lipinski definition) is 4. The van der Waals surface area contributed by atoms with E-state index in [1.807, 2.05) is 0 Å². The van der Waals surface area contributed by atoms with Crippen LogP contribution in [0.5, 0.6) is 0 Å². The number of thiocarbonyl (C=S) groups is 1. The molecule has 0 saturated carbocycles. The van der Waals surface area contributed by atoms with Crippen molar-refractivity contribution < 1.29 is 14.0 Å². The number of carbonyl (C=O) groups excluding carboxylic acids is 2. The third-order valence-corrected chi connectivity index (χ3v) is 5.20. The van der Waals surface area contributed by atoms with Crippen molar-refractivity contribution in [2.75, 3.05) is 0 Å². The molecule has 1 aliphatic heterocycles. The number of thioether (sulfide) groups is 1. The van der Waals surface area contributed by atoms with Crippen LogP contribution >= 0.6 is 47.2 Å². The van der Waals surface area contributed by atoms with Gasteiger partial charge in [0, 0.05) is 5.02 Å². The van der Waals surface area contributed by atoms with E-state index in [1.54, 1.807) is 6.08 Å². The van der Waals surface area contributed by atoms with Gasteiger partial charge in [-0.05, 0) is 54.2 Å². The fraction of sp³-hybridized carbons (Fsp3) is 0. The number of amides is 2. The first-order valence-corrected chi connectivity index (χ1v) is 9.13. The molecule has 132 valence electrons. The zero-order valence-corrected chi connectivity index (χ0v) is 16.0. The Balaban J connectivity index is 1.78. The molecule has 1 heterocycles. The van der Waals surface area contributed by atoms with E-state index in [9.17, 15) is 14.0 Å². The molecule has 4 nitrogen and oxygen atoms in total. The lowest BCUT2D eigenvalue weighted by Crippen LogP contribution is -2.44. The van der Waals surface area contributed by atoms with E-state index in [1.165, 1.54) is 42.5 Å². The van der Waals surface area contributed by atoms with Crippen LogP contribution in [0.25, 0.3) is 6.08 Å². The lowest BCUT2D eigenvalue weighted by Gasteiger charge is -2.16. The van der Waals surface area contributed by atoms with E-state index < -0.39 is 11.8 Å². The van der Waals surface area contributed by atoms with E-state index >= 15 is 0 Å². The summed E-state index contributed by atoms with van der Waals surface area (Å²) in [5.74, 6) is -1.45. The van der Waals surface area contributed by atoms with Crippen LogP contribution in [0, 0.1) is 5.82 Å². The maximum atomic E-state index is 13.0. The molecular weight excluding hydrogens is 418 g/mol. The molecule has 1 aliphatic rings. The van der Waals surface area contributed by atoms with Crippen molar-refractivity contribution in [3.05, 3.63) is 74.4 Å². The fourth-order valence-electron chi connectivity index (χ4n) is 2.11. The average molecular weight is 427 g/mol. The molecule has 3 rings (SSSR count). The molecule has 1 saturated heterocycles. The van der Waals surface area contributed by atoms with Gasteiger partial charge in [-0.25, -0.2) is 4.39 Å². The van der Waals surface area contributed by atoms with E-state index in [0.717, 1.165) is 16.8 Å². The molecule has 0 radical (unpaired) electrons. The second-order valence-corrected chi connectivity index (χ2v) is 7.65. The third kappa shape index (κ3) is 4.07. The van der Waals surface area contributed by atoms with Gasteiger partial charge in [0.15, 0.2) is 4.32 Å². The van der Waals surface area contributed by atoms with E-state index in [0.29, 0.717) is 15.5 Å². The third-order valence-electron chi connectivity index (χ3n) is 3.35. The Morgan fingerprint density at radius 1 is 1.19 bits per heavy atom. The Morgan fingerprint density at radius 2 is 1.88 bits per heavy atom. The molecule has 1 N–H and O–H groups in total. The molecule has 9 heteroatoms. The molecular formula is C17H9Cl2FN2O2S2. The number of nitrogens with zero attached hydrogens (tertiary/aromatic N) is 1. The summed E-state index contributed by atoms with van der Waals surface area (Å²) in [4.78, 5) is 25.2. The normalized spacial score (nSPS) is 15.7. The van der Waals surface area contributed by atoms with Crippen molar-refractivity contribution in [3.8, 4) is 0 Å². The first-order valence-electron chi connectivity index (χ1n) is 7.15. The zero-order chi connectivity index (χ0) is 18.8. The highest BCUT2D eigenvalue weighted by molar-refractivity contribution is 8.26. The standard InChI is InChI=1S/C17H9Cl2FN2O2S2/c18-10-3-6-12(13(19)8-10)15(23)21-22-16(24)14(26-17(22)25)7-9-1-4-11(20)5-2-9/h1-8H,(H,21,23)/b14-7-. The molecule has 1 fully saturated rings. The van der Waals surface area contributed by atoms with Crippen LogP contribution in [0.2, 0.25) is 10.0 Å². The summed E-state index contributed by atoms with van der Waals surface area (Å²) in [6, 6.07) is 10.0. The monoisotopic (exact) mass is 426 g/mol.